The van der Waals surface area contributed by atoms with Crippen molar-refractivity contribution in [2.75, 3.05) is 6.61 Å². The average molecular weight is 280 g/mol. The Labute approximate surface area is 110 Å². The highest BCUT2D eigenvalue weighted by molar-refractivity contribution is 7.87. The van der Waals surface area contributed by atoms with Gasteiger partial charge in [0.1, 0.15) is 0 Å². The van der Waals surface area contributed by atoms with Gasteiger partial charge in [0.05, 0.1) is 6.61 Å². The highest BCUT2D eigenvalue weighted by atomic mass is 32.2. The first kappa shape index (κ1) is 17.4. The second kappa shape index (κ2) is 8.48. The zero-order valence-corrected chi connectivity index (χ0v) is 12.2. The summed E-state index contributed by atoms with van der Waals surface area (Å²) in [4.78, 5) is 11.6. The van der Waals surface area contributed by atoms with Crippen molar-refractivity contribution in [3.05, 3.63) is 0 Å². The Kier molecular flexibility index (Phi) is 8.18. The summed E-state index contributed by atoms with van der Waals surface area (Å²) in [6, 6.07) is 0. The summed E-state index contributed by atoms with van der Waals surface area (Å²) < 4.78 is 35.8. The maximum absolute atomic E-state index is 11.6. The van der Waals surface area contributed by atoms with Crippen LogP contribution in [0, 0.1) is 5.92 Å². The first-order valence-electron chi connectivity index (χ1n) is 6.49. The summed E-state index contributed by atoms with van der Waals surface area (Å²) in [5, 5.41) is -1.46. The first-order valence-corrected chi connectivity index (χ1v) is 7.99. The molecule has 0 aliphatic carbocycles. The largest absolute Gasteiger partial charge is 0.464 e. The van der Waals surface area contributed by atoms with Crippen molar-refractivity contribution in [3.63, 3.8) is 0 Å². The van der Waals surface area contributed by atoms with Gasteiger partial charge in [-0.1, -0.05) is 40.0 Å². The van der Waals surface area contributed by atoms with E-state index in [1.165, 1.54) is 6.92 Å². The molecule has 1 N–H and O–H groups in total. The van der Waals surface area contributed by atoms with Gasteiger partial charge >= 0.3 is 5.97 Å². The molecule has 0 aromatic carbocycles. The van der Waals surface area contributed by atoms with Crippen LogP contribution in [-0.4, -0.2) is 30.8 Å². The highest BCUT2D eigenvalue weighted by Gasteiger charge is 2.31. The van der Waals surface area contributed by atoms with E-state index in [0.717, 1.165) is 25.7 Å². The van der Waals surface area contributed by atoms with Crippen molar-refractivity contribution in [1.29, 1.82) is 0 Å². The van der Waals surface area contributed by atoms with Crippen LogP contribution >= 0.6 is 0 Å². The molecule has 0 aromatic heterocycles. The summed E-state index contributed by atoms with van der Waals surface area (Å²) in [5.74, 6) is -0.595. The normalized spacial score (nSPS) is 15.1. The molecule has 0 spiro atoms. The Morgan fingerprint density at radius 3 is 2.22 bits per heavy atom. The molecule has 5 nitrogen and oxygen atoms in total. The van der Waals surface area contributed by atoms with Crippen molar-refractivity contribution in [2.45, 2.75) is 58.1 Å². The molecule has 2 unspecified atom stereocenters. The summed E-state index contributed by atoms with van der Waals surface area (Å²) in [5.41, 5.74) is 0. The maximum atomic E-state index is 11.6. The van der Waals surface area contributed by atoms with E-state index in [9.17, 15) is 13.2 Å². The molecule has 0 aromatic rings. The lowest BCUT2D eigenvalue weighted by Gasteiger charge is -2.16. The number of esters is 1. The van der Waals surface area contributed by atoms with E-state index in [-0.39, 0.29) is 18.9 Å². The molecular weight excluding hydrogens is 256 g/mol. The van der Waals surface area contributed by atoms with Gasteiger partial charge in [0.2, 0.25) is 0 Å². The Morgan fingerprint density at radius 2 is 1.83 bits per heavy atom. The number of unbranched alkanes of at least 4 members (excludes halogenated alkanes) is 1. The van der Waals surface area contributed by atoms with Crippen LogP contribution in [0.25, 0.3) is 0 Å². The van der Waals surface area contributed by atoms with E-state index in [4.69, 9.17) is 9.29 Å². The topological polar surface area (TPSA) is 80.7 Å². The van der Waals surface area contributed by atoms with Gasteiger partial charge in [-0.2, -0.15) is 8.42 Å². The van der Waals surface area contributed by atoms with Gasteiger partial charge in [-0.3, -0.25) is 9.35 Å². The zero-order valence-electron chi connectivity index (χ0n) is 11.4. The molecule has 0 saturated carbocycles. The van der Waals surface area contributed by atoms with Crippen LogP contribution in [0.4, 0.5) is 0 Å². The summed E-state index contributed by atoms with van der Waals surface area (Å²) in [6.45, 7) is 5.84. The molecule has 0 radical (unpaired) electrons. The van der Waals surface area contributed by atoms with Crippen LogP contribution in [-0.2, 0) is 19.6 Å². The summed E-state index contributed by atoms with van der Waals surface area (Å²) >= 11 is 0. The molecule has 0 aliphatic rings. The number of rotatable bonds is 9. The van der Waals surface area contributed by atoms with Gasteiger partial charge in [0.25, 0.3) is 10.1 Å². The SMILES string of the molecule is CCCCC(CC)COC(=O)C(CC)S(=O)(=O)O. The van der Waals surface area contributed by atoms with Gasteiger partial charge in [-0.15, -0.1) is 0 Å². The second-order valence-electron chi connectivity index (χ2n) is 4.46. The molecule has 0 saturated heterocycles. The minimum absolute atomic E-state index is 0.0173. The third-order valence-corrected chi connectivity index (χ3v) is 4.24. The first-order chi connectivity index (χ1) is 8.36. The fourth-order valence-electron chi connectivity index (χ4n) is 1.69. The number of hydrogen-bond donors (Lipinski definition) is 1. The van der Waals surface area contributed by atoms with Crippen LogP contribution in [0.1, 0.15) is 52.9 Å². The average Bonchev–Trinajstić information content (AvgIpc) is 2.28. The standard InChI is InChI=1S/C12H24O5S/c1-4-7-8-10(5-2)9-17-12(13)11(6-3)18(14,15)16/h10-11H,4-9H2,1-3H3,(H,14,15,16). The molecule has 0 aliphatic heterocycles. The molecule has 108 valence electrons. The quantitative estimate of drug-likeness (QED) is 0.518. The predicted octanol–water partition coefficient (Wildman–Crippen LogP) is 2.41. The van der Waals surface area contributed by atoms with Crippen molar-refractivity contribution in [3.8, 4) is 0 Å². The second-order valence-corrected chi connectivity index (χ2v) is 6.06. The van der Waals surface area contributed by atoms with E-state index in [0.29, 0.717) is 0 Å². The van der Waals surface area contributed by atoms with Crippen molar-refractivity contribution in [2.24, 2.45) is 5.92 Å². The molecule has 0 amide bonds. The number of ether oxygens (including phenoxy) is 1. The van der Waals surface area contributed by atoms with Gasteiger partial charge in [0, 0.05) is 0 Å². The van der Waals surface area contributed by atoms with E-state index >= 15 is 0 Å². The van der Waals surface area contributed by atoms with Gasteiger partial charge in [-0.25, -0.2) is 0 Å². The van der Waals surface area contributed by atoms with Crippen LogP contribution < -0.4 is 0 Å². The summed E-state index contributed by atoms with van der Waals surface area (Å²) in [7, 11) is -4.36. The Balaban J connectivity index is 4.30. The molecule has 18 heavy (non-hydrogen) atoms. The molecule has 6 heteroatoms. The third-order valence-electron chi connectivity index (χ3n) is 3.00. The van der Waals surface area contributed by atoms with Gasteiger partial charge < -0.3 is 4.74 Å². The van der Waals surface area contributed by atoms with Crippen LogP contribution in [0.15, 0.2) is 0 Å². The van der Waals surface area contributed by atoms with Gasteiger partial charge in [0.15, 0.2) is 5.25 Å². The molecule has 0 heterocycles. The smallest absolute Gasteiger partial charge is 0.326 e. The lowest BCUT2D eigenvalue weighted by molar-refractivity contribution is -0.144. The molecule has 0 rings (SSSR count). The Morgan fingerprint density at radius 1 is 1.22 bits per heavy atom. The summed E-state index contributed by atoms with van der Waals surface area (Å²) in [6.07, 6.45) is 4.00. The minimum atomic E-state index is -4.36. The third kappa shape index (κ3) is 6.35. The number of carbonyl (C=O) groups is 1. The Bertz CT molecular complexity index is 336. The predicted molar refractivity (Wildman–Crippen MR) is 69.9 cm³/mol. The van der Waals surface area contributed by atoms with Crippen molar-refractivity contribution < 1.29 is 22.5 Å². The van der Waals surface area contributed by atoms with E-state index in [1.54, 1.807) is 0 Å². The number of carbonyl (C=O) groups excluding carboxylic acids is 1. The van der Waals surface area contributed by atoms with Crippen LogP contribution in [0.2, 0.25) is 0 Å². The molecular formula is C12H24O5S. The van der Waals surface area contributed by atoms with E-state index < -0.39 is 21.3 Å². The molecule has 2 atom stereocenters. The monoisotopic (exact) mass is 280 g/mol. The molecule has 0 fully saturated rings. The fraction of sp³-hybridized carbons (Fsp3) is 0.917. The van der Waals surface area contributed by atoms with E-state index in [2.05, 4.69) is 6.92 Å². The van der Waals surface area contributed by atoms with Crippen LogP contribution in [0.3, 0.4) is 0 Å². The molecule has 0 bridgehead atoms. The van der Waals surface area contributed by atoms with Crippen molar-refractivity contribution >= 4 is 16.1 Å². The Hall–Kier alpha value is -0.620. The van der Waals surface area contributed by atoms with Gasteiger partial charge in [-0.05, 0) is 18.8 Å². The van der Waals surface area contributed by atoms with Crippen molar-refractivity contribution in [1.82, 2.24) is 0 Å². The van der Waals surface area contributed by atoms with E-state index in [1.807, 2.05) is 6.92 Å². The highest BCUT2D eigenvalue weighted by Crippen LogP contribution is 2.14. The van der Waals surface area contributed by atoms with Crippen LogP contribution in [0.5, 0.6) is 0 Å². The zero-order chi connectivity index (χ0) is 14.2. The lowest BCUT2D eigenvalue weighted by Crippen LogP contribution is -2.32. The lowest BCUT2D eigenvalue weighted by atomic mass is 10.0. The minimum Gasteiger partial charge on any atom is -0.464 e. The maximum Gasteiger partial charge on any atom is 0.326 e. The fourth-order valence-corrected chi connectivity index (χ4v) is 2.42. The number of hydrogen-bond acceptors (Lipinski definition) is 4.